The van der Waals surface area contributed by atoms with Crippen molar-refractivity contribution in [1.29, 1.82) is 0 Å². The molecule has 0 saturated carbocycles. The predicted octanol–water partition coefficient (Wildman–Crippen LogP) is 1.79. The average molecular weight is 235 g/mol. The monoisotopic (exact) mass is 235 g/mol. The lowest BCUT2D eigenvalue weighted by molar-refractivity contribution is -0.0526. The van der Waals surface area contributed by atoms with Crippen LogP contribution in [0.1, 0.15) is 25.0 Å². The van der Waals surface area contributed by atoms with E-state index in [0.29, 0.717) is 12.1 Å². The molecule has 1 N–H and O–H groups in total. The second kappa shape index (κ2) is 5.63. The fraction of sp³-hybridized carbons (Fsp3) is 0.571. The van der Waals surface area contributed by atoms with Gasteiger partial charge in [0.1, 0.15) is 0 Å². The molecule has 1 heterocycles. The van der Waals surface area contributed by atoms with Crippen molar-refractivity contribution in [2.75, 3.05) is 13.2 Å². The summed E-state index contributed by atoms with van der Waals surface area (Å²) in [5, 5.41) is 9.00. The topological polar surface area (TPSA) is 32.7 Å². The van der Waals surface area contributed by atoms with E-state index >= 15 is 0 Å². The van der Waals surface area contributed by atoms with Gasteiger partial charge in [-0.25, -0.2) is 0 Å². The second-order valence-corrected chi connectivity index (χ2v) is 4.90. The molecule has 2 unspecified atom stereocenters. The van der Waals surface area contributed by atoms with Crippen LogP contribution < -0.4 is 0 Å². The summed E-state index contributed by atoms with van der Waals surface area (Å²) in [5.41, 5.74) is 2.26. The van der Waals surface area contributed by atoms with Crippen LogP contribution in [0.25, 0.3) is 0 Å². The number of hydrogen-bond acceptors (Lipinski definition) is 3. The van der Waals surface area contributed by atoms with Crippen molar-refractivity contribution >= 4 is 0 Å². The van der Waals surface area contributed by atoms with Gasteiger partial charge < -0.3 is 9.84 Å². The molecule has 0 spiro atoms. The van der Waals surface area contributed by atoms with Crippen LogP contribution >= 0.6 is 0 Å². The standard InChI is InChI=1S/C14H21NO2/c1-11-10-17-12(2)7-15(11)8-13-3-5-14(9-16)6-4-13/h3-6,11-12,16H,7-10H2,1-2H3. The number of rotatable bonds is 3. The lowest BCUT2D eigenvalue weighted by atomic mass is 10.1. The molecule has 1 fully saturated rings. The zero-order chi connectivity index (χ0) is 12.3. The molecule has 0 amide bonds. The van der Waals surface area contributed by atoms with Crippen LogP contribution in [0, 0.1) is 0 Å². The molecule has 2 atom stereocenters. The molecule has 2 rings (SSSR count). The Morgan fingerprint density at radius 3 is 2.53 bits per heavy atom. The van der Waals surface area contributed by atoms with Crippen LogP contribution in [0.3, 0.4) is 0 Å². The molecule has 0 aliphatic carbocycles. The van der Waals surface area contributed by atoms with E-state index < -0.39 is 0 Å². The molecule has 0 radical (unpaired) electrons. The third-order valence-corrected chi connectivity index (χ3v) is 3.33. The Hall–Kier alpha value is -0.900. The molecule has 0 bridgehead atoms. The normalized spacial score (nSPS) is 26.1. The van der Waals surface area contributed by atoms with Crippen LogP contribution in [0.2, 0.25) is 0 Å². The molecule has 1 aromatic rings. The van der Waals surface area contributed by atoms with Crippen LogP contribution in [0.5, 0.6) is 0 Å². The van der Waals surface area contributed by atoms with Crippen molar-refractivity contribution in [3.63, 3.8) is 0 Å². The number of ether oxygens (including phenoxy) is 1. The number of aliphatic hydroxyl groups is 1. The molecule has 3 heteroatoms. The Balaban J connectivity index is 1.98. The highest BCUT2D eigenvalue weighted by Crippen LogP contribution is 2.15. The van der Waals surface area contributed by atoms with Crippen LogP contribution in [0.15, 0.2) is 24.3 Å². The number of nitrogens with zero attached hydrogens (tertiary/aromatic N) is 1. The summed E-state index contributed by atoms with van der Waals surface area (Å²) in [4.78, 5) is 2.45. The van der Waals surface area contributed by atoms with Crippen molar-refractivity contribution in [3.05, 3.63) is 35.4 Å². The number of morpholine rings is 1. The zero-order valence-corrected chi connectivity index (χ0v) is 10.6. The quantitative estimate of drug-likeness (QED) is 0.867. The van der Waals surface area contributed by atoms with E-state index in [1.807, 2.05) is 12.1 Å². The first kappa shape index (κ1) is 12.6. The SMILES string of the molecule is CC1CN(Cc2ccc(CO)cc2)C(C)CO1. The van der Waals surface area contributed by atoms with E-state index in [9.17, 15) is 0 Å². The summed E-state index contributed by atoms with van der Waals surface area (Å²) in [5.74, 6) is 0. The zero-order valence-electron chi connectivity index (χ0n) is 10.6. The maximum Gasteiger partial charge on any atom is 0.0681 e. The van der Waals surface area contributed by atoms with Crippen molar-refractivity contribution in [3.8, 4) is 0 Å². The van der Waals surface area contributed by atoms with Crippen molar-refractivity contribution in [1.82, 2.24) is 4.90 Å². The van der Waals surface area contributed by atoms with Gasteiger partial charge in [-0.15, -0.1) is 0 Å². The van der Waals surface area contributed by atoms with Gasteiger partial charge in [-0.05, 0) is 25.0 Å². The van der Waals surface area contributed by atoms with E-state index in [1.54, 1.807) is 0 Å². The highest BCUT2D eigenvalue weighted by Gasteiger charge is 2.23. The minimum Gasteiger partial charge on any atom is -0.392 e. The first-order chi connectivity index (χ1) is 8.19. The fourth-order valence-corrected chi connectivity index (χ4v) is 2.18. The molecular weight excluding hydrogens is 214 g/mol. The summed E-state index contributed by atoms with van der Waals surface area (Å²) in [6, 6.07) is 8.65. The highest BCUT2D eigenvalue weighted by molar-refractivity contribution is 5.22. The predicted molar refractivity (Wildman–Crippen MR) is 67.7 cm³/mol. The van der Waals surface area contributed by atoms with Crippen LogP contribution in [0.4, 0.5) is 0 Å². The minimum atomic E-state index is 0.116. The molecule has 1 aliphatic heterocycles. The summed E-state index contributed by atoms with van der Waals surface area (Å²) in [6.07, 6.45) is 0.322. The summed E-state index contributed by atoms with van der Waals surface area (Å²) in [6.45, 7) is 7.20. The third kappa shape index (κ3) is 3.28. The fourth-order valence-electron chi connectivity index (χ4n) is 2.18. The Labute approximate surface area is 103 Å². The molecule has 1 aromatic carbocycles. The minimum absolute atomic E-state index is 0.116. The summed E-state index contributed by atoms with van der Waals surface area (Å²) >= 11 is 0. The van der Waals surface area contributed by atoms with E-state index in [2.05, 4.69) is 30.9 Å². The summed E-state index contributed by atoms with van der Waals surface area (Å²) < 4.78 is 5.62. The van der Waals surface area contributed by atoms with Gasteiger partial charge >= 0.3 is 0 Å². The van der Waals surface area contributed by atoms with Crippen molar-refractivity contribution in [2.45, 2.75) is 39.1 Å². The largest absolute Gasteiger partial charge is 0.392 e. The molecule has 1 saturated heterocycles. The second-order valence-electron chi connectivity index (χ2n) is 4.90. The molecule has 0 aromatic heterocycles. The van der Waals surface area contributed by atoms with Gasteiger partial charge in [-0.3, -0.25) is 4.90 Å². The number of benzene rings is 1. The lowest BCUT2D eigenvalue weighted by Gasteiger charge is -2.36. The van der Waals surface area contributed by atoms with E-state index in [0.717, 1.165) is 25.3 Å². The molecule has 17 heavy (non-hydrogen) atoms. The van der Waals surface area contributed by atoms with Gasteiger partial charge in [0.05, 0.1) is 19.3 Å². The molecular formula is C14H21NO2. The average Bonchev–Trinajstić information content (AvgIpc) is 2.35. The third-order valence-electron chi connectivity index (χ3n) is 3.33. The lowest BCUT2D eigenvalue weighted by Crippen LogP contribution is -2.46. The van der Waals surface area contributed by atoms with E-state index in [1.165, 1.54) is 5.56 Å². The van der Waals surface area contributed by atoms with Crippen LogP contribution in [-0.2, 0) is 17.9 Å². The maximum absolute atomic E-state index is 9.00. The number of hydrogen-bond donors (Lipinski definition) is 1. The van der Waals surface area contributed by atoms with E-state index in [4.69, 9.17) is 9.84 Å². The summed E-state index contributed by atoms with van der Waals surface area (Å²) in [7, 11) is 0. The van der Waals surface area contributed by atoms with Gasteiger partial charge in [-0.2, -0.15) is 0 Å². The van der Waals surface area contributed by atoms with Gasteiger partial charge in [0, 0.05) is 19.1 Å². The van der Waals surface area contributed by atoms with Crippen molar-refractivity contribution in [2.24, 2.45) is 0 Å². The van der Waals surface area contributed by atoms with E-state index in [-0.39, 0.29) is 6.61 Å². The number of aliphatic hydroxyl groups excluding tert-OH is 1. The first-order valence-electron chi connectivity index (χ1n) is 6.23. The van der Waals surface area contributed by atoms with Gasteiger partial charge in [0.15, 0.2) is 0 Å². The molecule has 3 nitrogen and oxygen atoms in total. The highest BCUT2D eigenvalue weighted by atomic mass is 16.5. The van der Waals surface area contributed by atoms with Crippen LogP contribution in [-0.4, -0.2) is 35.3 Å². The van der Waals surface area contributed by atoms with Gasteiger partial charge in [-0.1, -0.05) is 24.3 Å². The smallest absolute Gasteiger partial charge is 0.0681 e. The Bertz CT molecular complexity index is 350. The Morgan fingerprint density at radius 1 is 1.24 bits per heavy atom. The molecule has 94 valence electrons. The van der Waals surface area contributed by atoms with Gasteiger partial charge in [0.2, 0.25) is 0 Å². The Kier molecular flexibility index (Phi) is 4.15. The maximum atomic E-state index is 9.00. The van der Waals surface area contributed by atoms with Gasteiger partial charge in [0.25, 0.3) is 0 Å². The first-order valence-corrected chi connectivity index (χ1v) is 6.23. The molecule has 1 aliphatic rings. The Morgan fingerprint density at radius 2 is 1.88 bits per heavy atom. The van der Waals surface area contributed by atoms with Crippen molar-refractivity contribution < 1.29 is 9.84 Å².